The molecule has 0 saturated carbocycles. The Bertz CT molecular complexity index is 371. The fraction of sp³-hybridized carbons (Fsp3) is 0.583. The van der Waals surface area contributed by atoms with Crippen LogP contribution >= 0.6 is 0 Å². The van der Waals surface area contributed by atoms with Crippen molar-refractivity contribution in [2.45, 2.75) is 26.3 Å². The van der Waals surface area contributed by atoms with Gasteiger partial charge in [0, 0.05) is 35.4 Å². The van der Waals surface area contributed by atoms with Crippen LogP contribution in [0.25, 0.3) is 0 Å². The van der Waals surface area contributed by atoms with Crippen molar-refractivity contribution in [2.75, 3.05) is 29.2 Å². The van der Waals surface area contributed by atoms with E-state index in [2.05, 4.69) is 22.5 Å². The van der Waals surface area contributed by atoms with E-state index in [4.69, 9.17) is 0 Å². The van der Waals surface area contributed by atoms with Crippen molar-refractivity contribution in [2.24, 2.45) is 0 Å². The lowest BCUT2D eigenvalue weighted by atomic mass is 10.3. The van der Waals surface area contributed by atoms with Gasteiger partial charge in [-0.05, 0) is 25.5 Å². The second-order valence-corrected chi connectivity index (χ2v) is 5.60. The lowest BCUT2D eigenvalue weighted by Gasteiger charge is -2.14. The van der Waals surface area contributed by atoms with Crippen LogP contribution in [0.2, 0.25) is 0 Å². The smallest absolute Gasteiger partial charge is 0.128 e. The first-order valence-corrected chi connectivity index (χ1v) is 7.62. The molecule has 17 heavy (non-hydrogen) atoms. The monoisotopic (exact) mass is 255 g/mol. The van der Waals surface area contributed by atoms with Crippen molar-refractivity contribution >= 4 is 22.4 Å². The van der Waals surface area contributed by atoms with E-state index in [0.717, 1.165) is 24.6 Å². The molecule has 2 atom stereocenters. The zero-order valence-corrected chi connectivity index (χ0v) is 11.5. The van der Waals surface area contributed by atoms with Crippen LogP contribution in [0.1, 0.15) is 20.3 Å². The lowest BCUT2D eigenvalue weighted by Crippen LogP contribution is -2.22. The summed E-state index contributed by atoms with van der Waals surface area (Å²) in [6, 6.07) is 5.99. The van der Waals surface area contributed by atoms with E-state index in [-0.39, 0.29) is 6.04 Å². The van der Waals surface area contributed by atoms with Crippen LogP contribution in [-0.2, 0) is 10.8 Å². The van der Waals surface area contributed by atoms with Gasteiger partial charge in [0.25, 0.3) is 0 Å². The van der Waals surface area contributed by atoms with Crippen molar-refractivity contribution in [3.63, 3.8) is 0 Å². The largest absolute Gasteiger partial charge is 0.370 e. The van der Waals surface area contributed by atoms with Crippen molar-refractivity contribution in [3.05, 3.63) is 18.2 Å². The minimum atomic E-state index is -0.785. The first-order valence-electron chi connectivity index (χ1n) is 5.89. The van der Waals surface area contributed by atoms with Gasteiger partial charge in [0.05, 0.1) is 0 Å². The van der Waals surface area contributed by atoms with Gasteiger partial charge in [-0.25, -0.2) is 4.98 Å². The second-order valence-electron chi connectivity index (χ2n) is 4.12. The predicted octanol–water partition coefficient (Wildman–Crippen LogP) is 2.08. The molecule has 0 radical (unpaired) electrons. The average Bonchev–Trinajstić information content (AvgIpc) is 2.25. The first kappa shape index (κ1) is 14.0. The minimum absolute atomic E-state index is 0.162. The quantitative estimate of drug-likeness (QED) is 0.783. The molecule has 0 aliphatic rings. The van der Waals surface area contributed by atoms with Crippen LogP contribution in [0.5, 0.6) is 0 Å². The molecule has 1 aromatic heterocycles. The number of hydrogen-bond acceptors (Lipinski definition) is 4. The van der Waals surface area contributed by atoms with Crippen LogP contribution in [0, 0.1) is 0 Å². The molecule has 5 heteroatoms. The van der Waals surface area contributed by atoms with Crippen LogP contribution in [0.3, 0.4) is 0 Å². The van der Waals surface area contributed by atoms with Crippen LogP contribution < -0.4 is 10.6 Å². The predicted molar refractivity (Wildman–Crippen MR) is 75.0 cm³/mol. The number of hydrogen-bond donors (Lipinski definition) is 2. The Hall–Kier alpha value is -1.10. The van der Waals surface area contributed by atoms with Crippen molar-refractivity contribution < 1.29 is 4.21 Å². The molecule has 1 heterocycles. The second kappa shape index (κ2) is 7.27. The van der Waals surface area contributed by atoms with E-state index in [1.165, 1.54) is 0 Å². The number of rotatable bonds is 7. The maximum Gasteiger partial charge on any atom is 0.128 e. The first-order chi connectivity index (χ1) is 8.11. The maximum atomic E-state index is 11.1. The van der Waals surface area contributed by atoms with Gasteiger partial charge in [-0.2, -0.15) is 0 Å². The highest BCUT2D eigenvalue weighted by molar-refractivity contribution is 7.84. The van der Waals surface area contributed by atoms with E-state index >= 15 is 0 Å². The normalized spacial score (nSPS) is 14.1. The van der Waals surface area contributed by atoms with Gasteiger partial charge in [-0.3, -0.25) is 4.21 Å². The summed E-state index contributed by atoms with van der Waals surface area (Å²) in [5, 5.41) is 6.48. The zero-order chi connectivity index (χ0) is 12.7. The lowest BCUT2D eigenvalue weighted by molar-refractivity contribution is 0.683. The molecule has 0 fully saturated rings. The van der Waals surface area contributed by atoms with E-state index in [1.54, 1.807) is 6.26 Å². The fourth-order valence-corrected chi connectivity index (χ4v) is 2.30. The molecule has 0 amide bonds. The van der Waals surface area contributed by atoms with Gasteiger partial charge in [0.2, 0.25) is 0 Å². The van der Waals surface area contributed by atoms with Gasteiger partial charge in [0.1, 0.15) is 11.6 Å². The summed E-state index contributed by atoms with van der Waals surface area (Å²) in [5.74, 6) is 2.33. The zero-order valence-electron chi connectivity index (χ0n) is 10.7. The van der Waals surface area contributed by atoms with Gasteiger partial charge >= 0.3 is 0 Å². The molecule has 96 valence electrons. The topological polar surface area (TPSA) is 54.0 Å². The molecule has 1 rings (SSSR count). The molecule has 0 saturated heterocycles. The Morgan fingerprint density at radius 3 is 2.76 bits per heavy atom. The van der Waals surface area contributed by atoms with Crippen LogP contribution in [0.15, 0.2) is 18.2 Å². The summed E-state index contributed by atoms with van der Waals surface area (Å²) in [4.78, 5) is 4.44. The maximum absolute atomic E-state index is 11.1. The van der Waals surface area contributed by atoms with Gasteiger partial charge < -0.3 is 10.6 Å². The van der Waals surface area contributed by atoms with E-state index in [1.807, 2.05) is 25.1 Å². The third-order valence-electron chi connectivity index (χ3n) is 2.18. The molecule has 2 unspecified atom stereocenters. The molecule has 4 nitrogen and oxygen atoms in total. The summed E-state index contributed by atoms with van der Waals surface area (Å²) in [5.41, 5.74) is 0. The third kappa shape index (κ3) is 5.68. The van der Waals surface area contributed by atoms with Crippen LogP contribution in [-0.4, -0.2) is 33.8 Å². The van der Waals surface area contributed by atoms with Crippen molar-refractivity contribution in [1.82, 2.24) is 4.98 Å². The highest BCUT2D eigenvalue weighted by Crippen LogP contribution is 2.10. The number of aromatic nitrogens is 1. The Morgan fingerprint density at radius 1 is 1.41 bits per heavy atom. The molecule has 0 aliphatic carbocycles. The molecule has 2 N–H and O–H groups in total. The standard InChI is InChI=1S/C12H21N3OS/c1-4-8-13-11-6-5-7-12(15-11)14-10(2)9-17(3)16/h5-7,10H,4,8-9H2,1-3H3,(H2,13,14,15). The molecular formula is C12H21N3OS. The Labute approximate surface area is 106 Å². The summed E-state index contributed by atoms with van der Waals surface area (Å²) in [7, 11) is -0.785. The van der Waals surface area contributed by atoms with Gasteiger partial charge in [0.15, 0.2) is 0 Å². The summed E-state index contributed by atoms with van der Waals surface area (Å²) < 4.78 is 11.1. The number of anilines is 2. The highest BCUT2D eigenvalue weighted by Gasteiger charge is 2.05. The minimum Gasteiger partial charge on any atom is -0.370 e. The summed E-state index contributed by atoms with van der Waals surface area (Å²) in [6.45, 7) is 5.05. The Balaban J connectivity index is 2.55. The molecule has 1 aromatic rings. The molecule has 0 aliphatic heterocycles. The molecule has 0 bridgehead atoms. The highest BCUT2D eigenvalue weighted by atomic mass is 32.2. The van der Waals surface area contributed by atoms with E-state index < -0.39 is 10.8 Å². The molecule has 0 aromatic carbocycles. The Kier molecular flexibility index (Phi) is 5.97. The average molecular weight is 255 g/mol. The third-order valence-corrected chi connectivity index (χ3v) is 3.15. The number of nitrogens with one attached hydrogen (secondary N) is 2. The Morgan fingerprint density at radius 2 is 2.12 bits per heavy atom. The summed E-state index contributed by atoms with van der Waals surface area (Å²) in [6.07, 6.45) is 2.79. The summed E-state index contributed by atoms with van der Waals surface area (Å²) >= 11 is 0. The fourth-order valence-electron chi connectivity index (χ4n) is 1.51. The van der Waals surface area contributed by atoms with Crippen molar-refractivity contribution in [3.8, 4) is 0 Å². The van der Waals surface area contributed by atoms with Crippen molar-refractivity contribution in [1.29, 1.82) is 0 Å². The van der Waals surface area contributed by atoms with E-state index in [9.17, 15) is 4.21 Å². The van der Waals surface area contributed by atoms with Gasteiger partial charge in [-0.15, -0.1) is 0 Å². The molecule has 0 spiro atoms. The van der Waals surface area contributed by atoms with Gasteiger partial charge in [-0.1, -0.05) is 13.0 Å². The van der Waals surface area contributed by atoms with Crippen LogP contribution in [0.4, 0.5) is 11.6 Å². The number of nitrogens with zero attached hydrogens (tertiary/aromatic N) is 1. The number of pyridine rings is 1. The molecular weight excluding hydrogens is 234 g/mol. The SMILES string of the molecule is CCCNc1cccc(NC(C)CS(C)=O)n1. The van der Waals surface area contributed by atoms with E-state index in [0.29, 0.717) is 5.75 Å².